The first-order valence-electron chi connectivity index (χ1n) is 11.8. The highest BCUT2D eigenvalue weighted by molar-refractivity contribution is 8.18. The van der Waals surface area contributed by atoms with E-state index in [9.17, 15) is 14.4 Å². The lowest BCUT2D eigenvalue weighted by Crippen LogP contribution is -2.66. The number of benzene rings is 2. The van der Waals surface area contributed by atoms with Gasteiger partial charge in [-0.3, -0.25) is 19.3 Å². The van der Waals surface area contributed by atoms with E-state index in [1.54, 1.807) is 4.90 Å². The molecule has 190 valence electrons. The number of ether oxygens (including phenoxy) is 2. The smallest absolute Gasteiger partial charge is 0.316 e. The standard InChI is InChI=1S/C28H31NO5S2/c1-17-21(24(31)28(2,3)4)29-25(32)23(33-5)26(29)36-27(17)35-16-20(30)34-22(18-12-8-6-9-13-18)19-14-10-7-11-15-19/h6-15,22-23,26-27H,16H2,1-5H3/t23-,26-,27?/m0/s1. The van der Waals surface area contributed by atoms with Gasteiger partial charge < -0.3 is 9.47 Å². The van der Waals surface area contributed by atoms with Crippen molar-refractivity contribution in [3.8, 4) is 0 Å². The van der Waals surface area contributed by atoms with Crippen molar-refractivity contribution in [2.24, 2.45) is 5.41 Å². The number of ketones is 1. The van der Waals surface area contributed by atoms with Gasteiger partial charge in [0.1, 0.15) is 5.37 Å². The summed E-state index contributed by atoms with van der Waals surface area (Å²) in [6.07, 6.45) is -1.10. The molecule has 1 fully saturated rings. The molecule has 1 amide bonds. The van der Waals surface area contributed by atoms with Crippen molar-refractivity contribution < 1.29 is 23.9 Å². The molecule has 2 aromatic carbocycles. The Hall–Kier alpha value is -2.55. The van der Waals surface area contributed by atoms with Gasteiger partial charge in [0.05, 0.1) is 16.0 Å². The van der Waals surface area contributed by atoms with Crippen molar-refractivity contribution in [1.82, 2.24) is 4.90 Å². The van der Waals surface area contributed by atoms with E-state index >= 15 is 0 Å². The van der Waals surface area contributed by atoms with Crippen LogP contribution in [0.1, 0.15) is 44.9 Å². The first-order chi connectivity index (χ1) is 17.1. The Morgan fingerprint density at radius 2 is 1.58 bits per heavy atom. The average Bonchev–Trinajstić information content (AvgIpc) is 2.87. The number of thioether (sulfide) groups is 2. The Morgan fingerprint density at radius 3 is 2.08 bits per heavy atom. The van der Waals surface area contributed by atoms with Crippen molar-refractivity contribution in [1.29, 1.82) is 0 Å². The van der Waals surface area contributed by atoms with Crippen LogP contribution in [0.25, 0.3) is 0 Å². The van der Waals surface area contributed by atoms with E-state index < -0.39 is 17.6 Å². The lowest BCUT2D eigenvalue weighted by molar-refractivity contribution is -0.160. The number of carbonyl (C=O) groups is 3. The van der Waals surface area contributed by atoms with E-state index in [0.29, 0.717) is 5.70 Å². The summed E-state index contributed by atoms with van der Waals surface area (Å²) >= 11 is 2.95. The second-order valence-corrected chi connectivity index (χ2v) is 12.5. The molecule has 0 radical (unpaired) electrons. The molecule has 0 spiro atoms. The van der Waals surface area contributed by atoms with Gasteiger partial charge in [-0.1, -0.05) is 81.4 Å². The summed E-state index contributed by atoms with van der Waals surface area (Å²) in [5, 5.41) is -0.289. The Kier molecular flexibility index (Phi) is 7.97. The maximum Gasteiger partial charge on any atom is 0.316 e. The first-order valence-corrected chi connectivity index (χ1v) is 13.8. The summed E-state index contributed by atoms with van der Waals surface area (Å²) in [4.78, 5) is 40.6. The largest absolute Gasteiger partial charge is 0.452 e. The summed E-state index contributed by atoms with van der Waals surface area (Å²) in [6, 6.07) is 19.3. The highest BCUT2D eigenvalue weighted by Crippen LogP contribution is 2.49. The molecular weight excluding hydrogens is 494 g/mol. The van der Waals surface area contributed by atoms with Crippen LogP contribution in [0.3, 0.4) is 0 Å². The molecule has 2 aromatic rings. The zero-order chi connectivity index (χ0) is 26.0. The minimum absolute atomic E-state index is 0.0883. The molecule has 0 bridgehead atoms. The SMILES string of the molecule is CO[C@H]1C(=O)N2C(C(=O)C(C)(C)C)=C(C)C(SCC(=O)OC(c3ccccc3)c3ccccc3)S[C@@H]12. The number of Topliss-reactive ketones (excluding diaryl/α,β-unsaturated/α-hetero) is 1. The first kappa shape index (κ1) is 26.5. The summed E-state index contributed by atoms with van der Waals surface area (Å²) in [7, 11) is 1.50. The third-order valence-electron chi connectivity index (χ3n) is 6.18. The van der Waals surface area contributed by atoms with Crippen molar-refractivity contribution in [3.05, 3.63) is 83.1 Å². The van der Waals surface area contributed by atoms with Crippen LogP contribution < -0.4 is 0 Å². The van der Waals surface area contributed by atoms with Crippen molar-refractivity contribution in [3.63, 3.8) is 0 Å². The van der Waals surface area contributed by atoms with Crippen LogP contribution in [-0.4, -0.2) is 51.5 Å². The molecule has 8 heteroatoms. The number of amides is 1. The molecule has 1 unspecified atom stereocenters. The predicted octanol–water partition coefficient (Wildman–Crippen LogP) is 5.20. The molecule has 4 rings (SSSR count). The summed E-state index contributed by atoms with van der Waals surface area (Å²) in [5.74, 6) is -0.515. The third kappa shape index (κ3) is 5.26. The average molecular weight is 526 g/mol. The fraction of sp³-hybridized carbons (Fsp3) is 0.393. The van der Waals surface area contributed by atoms with Gasteiger partial charge in [-0.2, -0.15) is 0 Å². The molecule has 2 aliphatic rings. The number of rotatable bonds is 8. The van der Waals surface area contributed by atoms with E-state index in [4.69, 9.17) is 9.47 Å². The third-order valence-corrected chi connectivity index (χ3v) is 9.32. The number of hydrogen-bond donors (Lipinski definition) is 0. The van der Waals surface area contributed by atoms with Gasteiger partial charge in [-0.05, 0) is 23.6 Å². The number of hydrogen-bond acceptors (Lipinski definition) is 7. The van der Waals surface area contributed by atoms with E-state index in [0.717, 1.165) is 16.7 Å². The fourth-order valence-corrected chi connectivity index (χ4v) is 7.10. The molecule has 6 nitrogen and oxygen atoms in total. The molecule has 0 aliphatic carbocycles. The zero-order valence-corrected chi connectivity index (χ0v) is 22.7. The van der Waals surface area contributed by atoms with Gasteiger partial charge in [0.2, 0.25) is 0 Å². The highest BCUT2D eigenvalue weighted by Gasteiger charge is 2.56. The van der Waals surface area contributed by atoms with Crippen LogP contribution in [0.15, 0.2) is 71.9 Å². The number of methoxy groups -OCH3 is 1. The Morgan fingerprint density at radius 1 is 1.03 bits per heavy atom. The number of fused-ring (bicyclic) bond motifs is 1. The van der Waals surface area contributed by atoms with Crippen molar-refractivity contribution in [2.75, 3.05) is 12.9 Å². The monoisotopic (exact) mass is 525 g/mol. The molecule has 36 heavy (non-hydrogen) atoms. The highest BCUT2D eigenvalue weighted by atomic mass is 32.2. The lowest BCUT2D eigenvalue weighted by Gasteiger charge is -2.51. The van der Waals surface area contributed by atoms with Crippen LogP contribution in [0.2, 0.25) is 0 Å². The second-order valence-electron chi connectivity index (χ2n) is 9.84. The van der Waals surface area contributed by atoms with Crippen LogP contribution in [0, 0.1) is 5.41 Å². The predicted molar refractivity (Wildman–Crippen MR) is 143 cm³/mol. The molecular formula is C28H31NO5S2. The van der Waals surface area contributed by atoms with Crippen LogP contribution in [0.5, 0.6) is 0 Å². The van der Waals surface area contributed by atoms with Gasteiger partial charge >= 0.3 is 5.97 Å². The summed E-state index contributed by atoms with van der Waals surface area (Å²) in [5.41, 5.74) is 2.37. The summed E-state index contributed by atoms with van der Waals surface area (Å²) in [6.45, 7) is 7.40. The Balaban J connectivity index is 1.52. The second kappa shape index (κ2) is 10.8. The van der Waals surface area contributed by atoms with Crippen molar-refractivity contribution >= 4 is 41.2 Å². The van der Waals surface area contributed by atoms with Gasteiger partial charge in [-0.15, -0.1) is 23.5 Å². The minimum Gasteiger partial charge on any atom is -0.452 e. The summed E-state index contributed by atoms with van der Waals surface area (Å²) < 4.78 is 11.2. The number of nitrogens with zero attached hydrogens (tertiary/aromatic N) is 1. The van der Waals surface area contributed by atoms with E-state index in [-0.39, 0.29) is 33.4 Å². The van der Waals surface area contributed by atoms with Crippen LogP contribution in [0.4, 0.5) is 0 Å². The quantitative estimate of drug-likeness (QED) is 0.347. The van der Waals surface area contributed by atoms with Crippen LogP contribution >= 0.6 is 23.5 Å². The van der Waals surface area contributed by atoms with E-state index in [1.807, 2.05) is 88.4 Å². The maximum atomic E-state index is 13.3. The number of β-lactam (4-membered cyclic amide) rings is 1. The van der Waals surface area contributed by atoms with Gasteiger partial charge in [-0.25, -0.2) is 0 Å². The Labute approximate surface area is 220 Å². The lowest BCUT2D eigenvalue weighted by atomic mass is 9.86. The normalized spacial score (nSPS) is 21.8. The number of carbonyl (C=O) groups excluding carboxylic acids is 3. The molecule has 0 aromatic heterocycles. The van der Waals surface area contributed by atoms with Gasteiger partial charge in [0, 0.05) is 12.5 Å². The van der Waals surface area contributed by atoms with Crippen LogP contribution in [-0.2, 0) is 23.9 Å². The van der Waals surface area contributed by atoms with E-state index in [2.05, 4.69) is 0 Å². The van der Waals surface area contributed by atoms with Crippen molar-refractivity contribution in [2.45, 2.75) is 49.9 Å². The van der Waals surface area contributed by atoms with Gasteiger partial charge in [0.15, 0.2) is 18.0 Å². The molecule has 0 saturated carbocycles. The Bertz CT molecular complexity index is 1120. The fourth-order valence-electron chi connectivity index (χ4n) is 4.26. The number of allylic oxidation sites excluding steroid dienone is 1. The molecule has 2 heterocycles. The molecule has 3 atom stereocenters. The molecule has 2 aliphatic heterocycles. The molecule has 1 saturated heterocycles. The maximum absolute atomic E-state index is 13.3. The topological polar surface area (TPSA) is 72.9 Å². The number of esters is 1. The van der Waals surface area contributed by atoms with E-state index in [1.165, 1.54) is 30.6 Å². The molecule has 0 N–H and O–H groups in total. The minimum atomic E-state index is -0.645. The zero-order valence-electron chi connectivity index (χ0n) is 21.1. The van der Waals surface area contributed by atoms with Gasteiger partial charge in [0.25, 0.3) is 5.91 Å².